The lowest BCUT2D eigenvalue weighted by Gasteiger charge is -2.34. The molecule has 0 spiro atoms. The number of hydrogen-bond donors (Lipinski definition) is 1. The average Bonchev–Trinajstić information content (AvgIpc) is 2.44. The van der Waals surface area contributed by atoms with E-state index in [0.29, 0.717) is 12.6 Å². The van der Waals surface area contributed by atoms with Gasteiger partial charge in [0.05, 0.1) is 6.61 Å². The van der Waals surface area contributed by atoms with E-state index in [1.54, 1.807) is 0 Å². The van der Waals surface area contributed by atoms with Crippen LogP contribution in [0.2, 0.25) is 0 Å². The highest BCUT2D eigenvalue weighted by molar-refractivity contribution is 5.97. The molecule has 0 radical (unpaired) electrons. The van der Waals surface area contributed by atoms with E-state index in [1.807, 2.05) is 18.7 Å². The summed E-state index contributed by atoms with van der Waals surface area (Å²) in [5.74, 6) is 0.0888. The first-order valence-corrected chi connectivity index (χ1v) is 8.04. The number of aryl methyl sites for hydroxylation is 3. The second-order valence-corrected chi connectivity index (χ2v) is 6.29. The van der Waals surface area contributed by atoms with Gasteiger partial charge in [0, 0.05) is 18.2 Å². The van der Waals surface area contributed by atoms with E-state index in [2.05, 4.69) is 19.1 Å². The number of nitrogens with zero attached hydrogens (tertiary/aromatic N) is 1. The normalized spacial score (nSPS) is 16.0. The molecular formula is C18H27NO2. The maximum atomic E-state index is 13.0. The van der Waals surface area contributed by atoms with Gasteiger partial charge in [0.25, 0.3) is 5.91 Å². The summed E-state index contributed by atoms with van der Waals surface area (Å²) in [4.78, 5) is 14.9. The zero-order valence-electron chi connectivity index (χ0n) is 13.5. The maximum Gasteiger partial charge on any atom is 0.254 e. The molecule has 0 saturated heterocycles. The summed E-state index contributed by atoms with van der Waals surface area (Å²) in [5, 5.41) is 9.35. The van der Waals surface area contributed by atoms with Crippen molar-refractivity contribution in [3.8, 4) is 0 Å². The summed E-state index contributed by atoms with van der Waals surface area (Å²) in [6.45, 7) is 6.54. The summed E-state index contributed by atoms with van der Waals surface area (Å²) in [5.41, 5.74) is 4.08. The molecule has 0 bridgehead atoms. The van der Waals surface area contributed by atoms with Gasteiger partial charge < -0.3 is 10.0 Å². The zero-order chi connectivity index (χ0) is 15.4. The number of hydrogen-bond acceptors (Lipinski definition) is 2. The van der Waals surface area contributed by atoms with Gasteiger partial charge in [-0.3, -0.25) is 4.79 Å². The van der Waals surface area contributed by atoms with E-state index in [1.165, 1.54) is 24.8 Å². The minimum absolute atomic E-state index is 0.0339. The molecular weight excluding hydrogens is 262 g/mol. The van der Waals surface area contributed by atoms with Crippen molar-refractivity contribution in [2.45, 2.75) is 58.9 Å². The van der Waals surface area contributed by atoms with Crippen molar-refractivity contribution in [3.05, 3.63) is 34.4 Å². The molecule has 1 aliphatic rings. The van der Waals surface area contributed by atoms with Crippen LogP contribution in [0.25, 0.3) is 0 Å². The first-order valence-electron chi connectivity index (χ1n) is 8.04. The molecule has 0 atom stereocenters. The minimum Gasteiger partial charge on any atom is -0.395 e. The van der Waals surface area contributed by atoms with Crippen molar-refractivity contribution in [2.75, 3.05) is 13.2 Å². The lowest BCUT2D eigenvalue weighted by molar-refractivity contribution is 0.0584. The third-order valence-corrected chi connectivity index (χ3v) is 4.51. The fourth-order valence-corrected chi connectivity index (χ4v) is 3.61. The van der Waals surface area contributed by atoms with Crippen LogP contribution in [0.5, 0.6) is 0 Å². The van der Waals surface area contributed by atoms with Gasteiger partial charge in [0.2, 0.25) is 0 Å². The standard InChI is InChI=1S/C18H27NO2/c1-13-11-14(2)17(15(3)12-13)18(21)19(9-10-20)16-7-5-4-6-8-16/h11-12,16,20H,4-10H2,1-3H3. The molecule has 3 heteroatoms. The van der Waals surface area contributed by atoms with Crippen LogP contribution in [0, 0.1) is 20.8 Å². The van der Waals surface area contributed by atoms with Gasteiger partial charge in [-0.25, -0.2) is 0 Å². The van der Waals surface area contributed by atoms with Crippen molar-refractivity contribution in [1.82, 2.24) is 4.90 Å². The molecule has 0 heterocycles. The van der Waals surface area contributed by atoms with Crippen molar-refractivity contribution < 1.29 is 9.90 Å². The smallest absolute Gasteiger partial charge is 0.254 e. The van der Waals surface area contributed by atoms with Crippen LogP contribution in [0.15, 0.2) is 12.1 Å². The predicted molar refractivity (Wildman–Crippen MR) is 85.6 cm³/mol. The summed E-state index contributed by atoms with van der Waals surface area (Å²) in [6, 6.07) is 4.43. The first-order chi connectivity index (χ1) is 10.0. The van der Waals surface area contributed by atoms with Crippen LogP contribution in [-0.4, -0.2) is 35.1 Å². The minimum atomic E-state index is 0.0339. The second-order valence-electron chi connectivity index (χ2n) is 6.29. The van der Waals surface area contributed by atoms with Crippen LogP contribution >= 0.6 is 0 Å². The molecule has 1 aromatic rings. The highest BCUT2D eigenvalue weighted by atomic mass is 16.3. The molecule has 2 rings (SSSR count). The van der Waals surface area contributed by atoms with Crippen molar-refractivity contribution in [2.24, 2.45) is 0 Å². The Morgan fingerprint density at radius 2 is 1.71 bits per heavy atom. The molecule has 1 amide bonds. The lowest BCUT2D eigenvalue weighted by atomic mass is 9.92. The van der Waals surface area contributed by atoms with Gasteiger partial charge in [0.15, 0.2) is 0 Å². The Morgan fingerprint density at radius 3 is 2.24 bits per heavy atom. The quantitative estimate of drug-likeness (QED) is 0.923. The topological polar surface area (TPSA) is 40.5 Å². The van der Waals surface area contributed by atoms with Crippen LogP contribution in [-0.2, 0) is 0 Å². The predicted octanol–water partition coefficient (Wildman–Crippen LogP) is 3.38. The monoisotopic (exact) mass is 289 g/mol. The number of aliphatic hydroxyl groups is 1. The van der Waals surface area contributed by atoms with Gasteiger partial charge in [-0.15, -0.1) is 0 Å². The van der Waals surface area contributed by atoms with Gasteiger partial charge in [-0.2, -0.15) is 0 Å². The average molecular weight is 289 g/mol. The van der Waals surface area contributed by atoms with Gasteiger partial charge in [-0.1, -0.05) is 37.0 Å². The molecule has 0 unspecified atom stereocenters. The Bertz CT molecular complexity index is 481. The molecule has 1 N–H and O–H groups in total. The van der Waals surface area contributed by atoms with Crippen LogP contribution in [0.3, 0.4) is 0 Å². The molecule has 21 heavy (non-hydrogen) atoms. The molecule has 1 saturated carbocycles. The molecule has 3 nitrogen and oxygen atoms in total. The summed E-state index contributed by atoms with van der Waals surface area (Å²) < 4.78 is 0. The Morgan fingerprint density at radius 1 is 1.14 bits per heavy atom. The van der Waals surface area contributed by atoms with E-state index in [-0.39, 0.29) is 12.5 Å². The van der Waals surface area contributed by atoms with Gasteiger partial charge in [-0.05, 0) is 44.7 Å². The van der Waals surface area contributed by atoms with E-state index in [4.69, 9.17) is 0 Å². The largest absolute Gasteiger partial charge is 0.395 e. The van der Waals surface area contributed by atoms with Crippen LogP contribution < -0.4 is 0 Å². The molecule has 0 aliphatic heterocycles. The van der Waals surface area contributed by atoms with Crippen molar-refractivity contribution in [3.63, 3.8) is 0 Å². The summed E-state index contributed by atoms with van der Waals surface area (Å²) in [7, 11) is 0. The molecule has 1 aromatic carbocycles. The van der Waals surface area contributed by atoms with Crippen LogP contribution in [0.4, 0.5) is 0 Å². The third kappa shape index (κ3) is 3.65. The van der Waals surface area contributed by atoms with E-state index >= 15 is 0 Å². The van der Waals surface area contributed by atoms with Gasteiger partial charge in [0.1, 0.15) is 0 Å². The number of carbonyl (C=O) groups excluding carboxylic acids is 1. The fourth-order valence-electron chi connectivity index (χ4n) is 3.61. The van der Waals surface area contributed by atoms with E-state index < -0.39 is 0 Å². The Balaban J connectivity index is 2.29. The van der Waals surface area contributed by atoms with E-state index in [9.17, 15) is 9.90 Å². The third-order valence-electron chi connectivity index (χ3n) is 4.51. The van der Waals surface area contributed by atoms with Crippen molar-refractivity contribution >= 4 is 5.91 Å². The summed E-state index contributed by atoms with van der Waals surface area (Å²) >= 11 is 0. The number of aliphatic hydroxyl groups excluding tert-OH is 1. The highest BCUT2D eigenvalue weighted by Gasteiger charge is 2.27. The molecule has 1 aliphatic carbocycles. The SMILES string of the molecule is Cc1cc(C)c(C(=O)N(CCO)C2CCCCC2)c(C)c1. The lowest BCUT2D eigenvalue weighted by Crippen LogP contribution is -2.43. The zero-order valence-corrected chi connectivity index (χ0v) is 13.5. The van der Waals surface area contributed by atoms with Gasteiger partial charge >= 0.3 is 0 Å². The first kappa shape index (κ1) is 16.0. The van der Waals surface area contributed by atoms with Crippen molar-refractivity contribution in [1.29, 1.82) is 0 Å². The fraction of sp³-hybridized carbons (Fsp3) is 0.611. The molecule has 116 valence electrons. The number of rotatable bonds is 4. The summed E-state index contributed by atoms with van der Waals surface area (Å²) in [6.07, 6.45) is 5.77. The Kier molecular flexibility index (Phi) is 5.40. The maximum absolute atomic E-state index is 13.0. The Hall–Kier alpha value is -1.35. The number of benzene rings is 1. The number of amides is 1. The highest BCUT2D eigenvalue weighted by Crippen LogP contribution is 2.26. The molecule has 1 fully saturated rings. The second kappa shape index (κ2) is 7.08. The van der Waals surface area contributed by atoms with E-state index in [0.717, 1.165) is 29.5 Å². The number of carbonyl (C=O) groups is 1. The molecule has 0 aromatic heterocycles. The van der Waals surface area contributed by atoms with Crippen LogP contribution in [0.1, 0.15) is 59.2 Å². The Labute approximate surface area is 128 Å².